The van der Waals surface area contributed by atoms with E-state index in [9.17, 15) is 14.4 Å². The van der Waals surface area contributed by atoms with Gasteiger partial charge in [0.2, 0.25) is 11.8 Å². The molecule has 0 unspecified atom stereocenters. The number of imide groups is 1. The first kappa shape index (κ1) is 25.1. The van der Waals surface area contributed by atoms with Gasteiger partial charge in [0.1, 0.15) is 30.3 Å². The number of aryl methyl sites for hydroxylation is 1. The minimum Gasteiger partial charge on any atom is -0.364 e. The number of pyridine rings is 1. The number of likely N-dealkylation sites (N-methyl/N-ethyl adjacent to an activating group) is 1. The summed E-state index contributed by atoms with van der Waals surface area (Å²) < 4.78 is 1.92. The van der Waals surface area contributed by atoms with Crippen LogP contribution in [-0.4, -0.2) is 65.7 Å². The number of aromatic nitrogens is 6. The maximum atomic E-state index is 12.8. The molecule has 2 saturated carbocycles. The second kappa shape index (κ2) is 9.61. The molecule has 3 fully saturated rings. The molecular formula is C28H28N10O3. The minimum atomic E-state index is -0.354. The number of anilines is 3. The lowest BCUT2D eigenvalue weighted by atomic mass is 10.1. The Morgan fingerprint density at radius 3 is 2.66 bits per heavy atom. The monoisotopic (exact) mass is 552 g/mol. The third kappa shape index (κ3) is 4.83. The first-order chi connectivity index (χ1) is 19.8. The summed E-state index contributed by atoms with van der Waals surface area (Å²) in [4.78, 5) is 62.2. The zero-order chi connectivity index (χ0) is 28.2. The molecule has 2 atom stereocenters. The Kier molecular flexibility index (Phi) is 5.87. The number of amides is 4. The van der Waals surface area contributed by atoms with E-state index in [-0.39, 0.29) is 36.2 Å². The average molecular weight is 553 g/mol. The number of nitrogens with zero attached hydrogens (tertiary/aromatic N) is 8. The normalized spacial score (nSPS) is 20.1. The quantitative estimate of drug-likeness (QED) is 0.315. The molecule has 1 saturated heterocycles. The molecule has 7 rings (SSSR count). The van der Waals surface area contributed by atoms with Gasteiger partial charge in [-0.25, -0.2) is 29.7 Å². The molecule has 4 aromatic heterocycles. The second-order valence-corrected chi connectivity index (χ2v) is 10.8. The molecule has 13 heteroatoms. The SMILES string of the molecule is Cc1nccc([C@H]2C[C@@H]2C(=O)Nc2cc(NCc3cn4cc(C5CC5)cc(N5CC(=O)N(C)C5=O)c4n3)ncn2)n1. The summed E-state index contributed by atoms with van der Waals surface area (Å²) in [7, 11) is 1.49. The third-order valence-electron chi connectivity index (χ3n) is 7.80. The van der Waals surface area contributed by atoms with Gasteiger partial charge in [0.05, 0.1) is 17.9 Å². The molecule has 4 aromatic rings. The highest BCUT2D eigenvalue weighted by Gasteiger charge is 2.45. The molecule has 5 heterocycles. The van der Waals surface area contributed by atoms with E-state index in [0.717, 1.165) is 41.1 Å². The Bertz CT molecular complexity index is 1710. The van der Waals surface area contributed by atoms with Crippen LogP contribution in [0.4, 0.5) is 22.1 Å². The molecular weight excluding hydrogens is 524 g/mol. The summed E-state index contributed by atoms with van der Waals surface area (Å²) >= 11 is 0. The maximum absolute atomic E-state index is 12.8. The lowest BCUT2D eigenvalue weighted by Gasteiger charge is -2.17. The van der Waals surface area contributed by atoms with Gasteiger partial charge in [0.25, 0.3) is 0 Å². The van der Waals surface area contributed by atoms with Gasteiger partial charge in [-0.3, -0.25) is 19.4 Å². The summed E-state index contributed by atoms with van der Waals surface area (Å²) in [5.74, 6) is 1.68. The lowest BCUT2D eigenvalue weighted by Crippen LogP contribution is -2.30. The van der Waals surface area contributed by atoms with Gasteiger partial charge in [0.15, 0.2) is 5.65 Å². The molecule has 3 aliphatic rings. The van der Waals surface area contributed by atoms with Crippen molar-refractivity contribution in [1.82, 2.24) is 34.2 Å². The van der Waals surface area contributed by atoms with E-state index in [2.05, 4.69) is 30.6 Å². The molecule has 13 nitrogen and oxygen atoms in total. The van der Waals surface area contributed by atoms with Crippen molar-refractivity contribution in [1.29, 1.82) is 0 Å². The van der Waals surface area contributed by atoms with Crippen molar-refractivity contribution in [2.45, 2.75) is 44.6 Å². The highest BCUT2D eigenvalue weighted by Crippen LogP contribution is 2.47. The Balaban J connectivity index is 1.05. The van der Waals surface area contributed by atoms with E-state index >= 15 is 0 Å². The van der Waals surface area contributed by atoms with Crippen molar-refractivity contribution >= 4 is 40.8 Å². The zero-order valence-electron chi connectivity index (χ0n) is 22.6. The van der Waals surface area contributed by atoms with Crippen LogP contribution in [0.2, 0.25) is 0 Å². The van der Waals surface area contributed by atoms with Crippen LogP contribution in [0.25, 0.3) is 5.65 Å². The summed E-state index contributed by atoms with van der Waals surface area (Å²) in [6.07, 6.45) is 10.0. The highest BCUT2D eigenvalue weighted by molar-refractivity contribution is 6.13. The van der Waals surface area contributed by atoms with Crippen LogP contribution in [0.3, 0.4) is 0 Å². The van der Waals surface area contributed by atoms with E-state index in [4.69, 9.17) is 4.98 Å². The number of carbonyl (C=O) groups excluding carboxylic acids is 3. The number of rotatable bonds is 8. The van der Waals surface area contributed by atoms with Gasteiger partial charge >= 0.3 is 6.03 Å². The van der Waals surface area contributed by atoms with Crippen molar-refractivity contribution < 1.29 is 14.4 Å². The Morgan fingerprint density at radius 2 is 1.90 bits per heavy atom. The van der Waals surface area contributed by atoms with Crippen LogP contribution < -0.4 is 15.5 Å². The van der Waals surface area contributed by atoms with E-state index in [1.54, 1.807) is 12.3 Å². The van der Waals surface area contributed by atoms with Crippen molar-refractivity contribution in [3.63, 3.8) is 0 Å². The molecule has 4 amide bonds. The fourth-order valence-electron chi connectivity index (χ4n) is 5.28. The van der Waals surface area contributed by atoms with E-state index < -0.39 is 0 Å². The molecule has 0 spiro atoms. The largest absolute Gasteiger partial charge is 0.364 e. The van der Waals surface area contributed by atoms with E-state index in [1.807, 2.05) is 35.9 Å². The topological polar surface area (TPSA) is 151 Å². The molecule has 2 N–H and O–H groups in total. The van der Waals surface area contributed by atoms with Gasteiger partial charge in [-0.1, -0.05) is 0 Å². The predicted molar refractivity (Wildman–Crippen MR) is 148 cm³/mol. The summed E-state index contributed by atoms with van der Waals surface area (Å²) in [6.45, 7) is 2.19. The summed E-state index contributed by atoms with van der Waals surface area (Å²) in [5.41, 5.74) is 3.98. The number of nitrogens with one attached hydrogen (secondary N) is 2. The highest BCUT2D eigenvalue weighted by atomic mass is 16.2. The molecule has 41 heavy (non-hydrogen) atoms. The molecule has 1 aliphatic heterocycles. The maximum Gasteiger partial charge on any atom is 0.331 e. The number of imidazole rings is 1. The molecule has 208 valence electrons. The fourth-order valence-corrected chi connectivity index (χ4v) is 5.28. The van der Waals surface area contributed by atoms with Crippen molar-refractivity contribution in [2.75, 3.05) is 29.1 Å². The van der Waals surface area contributed by atoms with Crippen LogP contribution >= 0.6 is 0 Å². The van der Waals surface area contributed by atoms with E-state index in [0.29, 0.717) is 41.3 Å². The van der Waals surface area contributed by atoms with Crippen molar-refractivity contribution in [3.05, 3.63) is 65.9 Å². The van der Waals surface area contributed by atoms with Gasteiger partial charge < -0.3 is 15.0 Å². The van der Waals surface area contributed by atoms with Crippen LogP contribution in [0, 0.1) is 12.8 Å². The van der Waals surface area contributed by atoms with Crippen molar-refractivity contribution in [2.24, 2.45) is 5.92 Å². The van der Waals surface area contributed by atoms with Gasteiger partial charge in [-0.05, 0) is 49.8 Å². The van der Waals surface area contributed by atoms with Crippen LogP contribution in [0.15, 0.2) is 43.1 Å². The number of urea groups is 1. The standard InChI is InChI=1S/C28H28N10O3/c1-15-29-6-5-21(33-15)19-8-20(19)27(40)35-24-9-23(31-14-32-24)30-10-18-12-37-11-17(16-3-4-16)7-22(26(37)34-18)38-13-25(39)36(2)28(38)41/h5-7,9,11-12,14,16,19-20H,3-4,8,10,13H2,1-2H3,(H2,30,31,32,35,40)/t19-,20-/m0/s1. The summed E-state index contributed by atoms with van der Waals surface area (Å²) in [6, 6.07) is 5.17. The molecule has 2 aliphatic carbocycles. The zero-order valence-corrected chi connectivity index (χ0v) is 22.6. The Hall–Kier alpha value is -4.94. The van der Waals surface area contributed by atoms with Crippen LogP contribution in [-0.2, 0) is 16.1 Å². The van der Waals surface area contributed by atoms with Crippen molar-refractivity contribution in [3.8, 4) is 0 Å². The predicted octanol–water partition coefficient (Wildman–Crippen LogP) is 2.85. The van der Waals surface area contributed by atoms with Crippen LogP contribution in [0.5, 0.6) is 0 Å². The first-order valence-electron chi connectivity index (χ1n) is 13.6. The molecule has 0 bridgehead atoms. The fraction of sp³-hybridized carbons (Fsp3) is 0.357. The lowest BCUT2D eigenvalue weighted by molar-refractivity contribution is -0.124. The van der Waals surface area contributed by atoms with Crippen LogP contribution in [0.1, 0.15) is 53.9 Å². The smallest absolute Gasteiger partial charge is 0.331 e. The third-order valence-corrected chi connectivity index (χ3v) is 7.80. The number of hydrogen-bond acceptors (Lipinski definition) is 9. The number of fused-ring (bicyclic) bond motifs is 1. The average Bonchev–Trinajstić information content (AvgIpc) is 3.89. The Morgan fingerprint density at radius 1 is 1.07 bits per heavy atom. The Labute approximate surface area is 235 Å². The van der Waals surface area contributed by atoms with Gasteiger partial charge in [-0.2, -0.15) is 0 Å². The molecule has 0 aromatic carbocycles. The summed E-state index contributed by atoms with van der Waals surface area (Å²) in [5, 5.41) is 6.13. The second-order valence-electron chi connectivity index (χ2n) is 10.8. The van der Waals surface area contributed by atoms with E-state index in [1.165, 1.54) is 18.3 Å². The minimum absolute atomic E-state index is 0.00466. The first-order valence-corrected chi connectivity index (χ1v) is 13.6. The number of carbonyl (C=O) groups is 3. The van der Waals surface area contributed by atoms with Gasteiger partial charge in [0, 0.05) is 49.2 Å². The van der Waals surface area contributed by atoms with Gasteiger partial charge in [-0.15, -0.1) is 0 Å². The molecule has 0 radical (unpaired) electrons. The number of hydrogen-bond donors (Lipinski definition) is 2.